The van der Waals surface area contributed by atoms with E-state index in [0.29, 0.717) is 5.75 Å². The minimum Gasteiger partial charge on any atom is -0.497 e. The third-order valence-electron chi connectivity index (χ3n) is 5.50. The number of carboxylic acid groups (broad SMARTS) is 4. The maximum absolute atomic E-state index is 11.6. The molecule has 0 spiro atoms. The van der Waals surface area contributed by atoms with Crippen LogP contribution >= 0.6 is 0 Å². The Morgan fingerprint density at radius 3 is 1.67 bits per heavy atom. The van der Waals surface area contributed by atoms with Gasteiger partial charge in [0.05, 0.1) is 38.8 Å². The second-order valence-electron chi connectivity index (χ2n) is 8.10. The first kappa shape index (κ1) is 26.0. The van der Waals surface area contributed by atoms with Crippen molar-refractivity contribution in [3.05, 3.63) is 29.8 Å². The van der Waals surface area contributed by atoms with E-state index < -0.39 is 42.5 Å². The standard InChI is InChI=1S/C21H29N3O9/c1-33-16-4-2-15(3-5-16)8-21(24(11-19(29)30)12-20(31)32)13-22(9-17(25)26)6-7-23(14-21)10-18(27)28/h2-5H,6-14H2,1H3,(H,25,26)(H,27,28)(H,29,30)(H,31,32). The third-order valence-corrected chi connectivity index (χ3v) is 5.50. The number of ether oxygens (including phenoxy) is 1. The molecule has 0 atom stereocenters. The lowest BCUT2D eigenvalue weighted by atomic mass is 9.87. The van der Waals surface area contributed by atoms with Crippen LogP contribution in [0, 0.1) is 0 Å². The van der Waals surface area contributed by atoms with Gasteiger partial charge in [0.2, 0.25) is 0 Å². The first-order valence-electron chi connectivity index (χ1n) is 10.2. The van der Waals surface area contributed by atoms with Gasteiger partial charge in [-0.1, -0.05) is 12.1 Å². The number of hydrogen-bond donors (Lipinski definition) is 4. The summed E-state index contributed by atoms with van der Waals surface area (Å²) in [5, 5.41) is 37.7. The molecule has 182 valence electrons. The van der Waals surface area contributed by atoms with E-state index in [9.17, 15) is 39.6 Å². The van der Waals surface area contributed by atoms with Crippen LogP contribution in [0.4, 0.5) is 0 Å². The van der Waals surface area contributed by atoms with Gasteiger partial charge in [-0.2, -0.15) is 0 Å². The largest absolute Gasteiger partial charge is 0.497 e. The maximum atomic E-state index is 11.6. The molecule has 1 aromatic carbocycles. The number of rotatable bonds is 12. The molecule has 0 radical (unpaired) electrons. The minimum absolute atomic E-state index is 0.0437. The molecule has 1 fully saturated rings. The molecule has 33 heavy (non-hydrogen) atoms. The van der Waals surface area contributed by atoms with Crippen molar-refractivity contribution in [3.63, 3.8) is 0 Å². The summed E-state index contributed by atoms with van der Waals surface area (Å²) >= 11 is 0. The highest BCUT2D eigenvalue weighted by molar-refractivity contribution is 5.73. The van der Waals surface area contributed by atoms with Gasteiger partial charge in [-0.05, 0) is 24.1 Å². The summed E-state index contributed by atoms with van der Waals surface area (Å²) in [6.07, 6.45) is 0.170. The Kier molecular flexibility index (Phi) is 9.14. The topological polar surface area (TPSA) is 168 Å². The predicted molar refractivity (Wildman–Crippen MR) is 114 cm³/mol. The summed E-state index contributed by atoms with van der Waals surface area (Å²) < 4.78 is 5.17. The molecule has 0 unspecified atom stereocenters. The summed E-state index contributed by atoms with van der Waals surface area (Å²) in [5.74, 6) is -4.08. The van der Waals surface area contributed by atoms with Crippen molar-refractivity contribution in [2.75, 3.05) is 59.5 Å². The molecule has 0 bridgehead atoms. The quantitative estimate of drug-likeness (QED) is 0.303. The van der Waals surface area contributed by atoms with Gasteiger partial charge in [0.1, 0.15) is 5.75 Å². The van der Waals surface area contributed by atoms with E-state index in [4.69, 9.17) is 4.74 Å². The molecular weight excluding hydrogens is 438 g/mol. The van der Waals surface area contributed by atoms with Crippen LogP contribution in [0.5, 0.6) is 5.75 Å². The molecule has 0 amide bonds. The molecule has 0 aromatic heterocycles. The van der Waals surface area contributed by atoms with Crippen LogP contribution in [-0.2, 0) is 25.6 Å². The lowest BCUT2D eigenvalue weighted by molar-refractivity contribution is -0.148. The second kappa shape index (κ2) is 11.6. The van der Waals surface area contributed by atoms with E-state index in [0.717, 1.165) is 5.56 Å². The van der Waals surface area contributed by atoms with Crippen molar-refractivity contribution in [2.24, 2.45) is 0 Å². The van der Waals surface area contributed by atoms with E-state index in [-0.39, 0.29) is 45.7 Å². The molecule has 12 heteroatoms. The monoisotopic (exact) mass is 467 g/mol. The summed E-state index contributed by atoms with van der Waals surface area (Å²) in [4.78, 5) is 50.6. The van der Waals surface area contributed by atoms with E-state index >= 15 is 0 Å². The van der Waals surface area contributed by atoms with E-state index in [2.05, 4.69) is 0 Å². The zero-order valence-corrected chi connectivity index (χ0v) is 18.3. The van der Waals surface area contributed by atoms with Gasteiger partial charge in [-0.15, -0.1) is 0 Å². The normalized spacial score (nSPS) is 16.8. The number of methoxy groups -OCH3 is 1. The Morgan fingerprint density at radius 2 is 1.30 bits per heavy atom. The van der Waals surface area contributed by atoms with Crippen molar-refractivity contribution in [1.29, 1.82) is 0 Å². The van der Waals surface area contributed by atoms with Gasteiger partial charge in [-0.3, -0.25) is 33.9 Å². The average molecular weight is 467 g/mol. The zero-order chi connectivity index (χ0) is 24.6. The van der Waals surface area contributed by atoms with E-state index in [1.54, 1.807) is 34.1 Å². The fraction of sp³-hybridized carbons (Fsp3) is 0.524. The Labute approximate surface area is 190 Å². The van der Waals surface area contributed by atoms with Crippen LogP contribution in [0.15, 0.2) is 24.3 Å². The van der Waals surface area contributed by atoms with Gasteiger partial charge >= 0.3 is 23.9 Å². The van der Waals surface area contributed by atoms with Gasteiger partial charge in [0, 0.05) is 26.2 Å². The highest BCUT2D eigenvalue weighted by Crippen LogP contribution is 2.28. The summed E-state index contributed by atoms with van der Waals surface area (Å²) in [5.41, 5.74) is -0.448. The highest BCUT2D eigenvalue weighted by atomic mass is 16.5. The number of aliphatic carboxylic acids is 4. The van der Waals surface area contributed by atoms with Crippen LogP contribution in [0.3, 0.4) is 0 Å². The molecular formula is C21H29N3O9. The highest BCUT2D eigenvalue weighted by Gasteiger charge is 2.44. The van der Waals surface area contributed by atoms with Crippen LogP contribution < -0.4 is 4.74 Å². The number of carboxylic acids is 4. The van der Waals surface area contributed by atoms with Crippen LogP contribution in [0.25, 0.3) is 0 Å². The van der Waals surface area contributed by atoms with Crippen LogP contribution in [-0.4, -0.2) is 124 Å². The lowest BCUT2D eigenvalue weighted by Gasteiger charge is -2.45. The molecule has 1 aromatic rings. The van der Waals surface area contributed by atoms with Gasteiger partial charge in [-0.25, -0.2) is 0 Å². The SMILES string of the molecule is COc1ccc(CC2(N(CC(=O)O)CC(=O)O)CN(CC(=O)O)CCN(CC(=O)O)C2)cc1. The van der Waals surface area contributed by atoms with Crippen molar-refractivity contribution in [3.8, 4) is 5.75 Å². The van der Waals surface area contributed by atoms with E-state index in [1.807, 2.05) is 0 Å². The molecule has 2 rings (SSSR count). The maximum Gasteiger partial charge on any atom is 0.317 e. The fourth-order valence-corrected chi connectivity index (χ4v) is 4.24. The molecule has 0 saturated carbocycles. The number of hydrogen-bond acceptors (Lipinski definition) is 8. The first-order chi connectivity index (χ1) is 15.5. The second-order valence-corrected chi connectivity index (χ2v) is 8.10. The van der Waals surface area contributed by atoms with Gasteiger partial charge in [0.15, 0.2) is 0 Å². The molecule has 1 aliphatic heterocycles. The van der Waals surface area contributed by atoms with Gasteiger partial charge in [0.25, 0.3) is 0 Å². The smallest absolute Gasteiger partial charge is 0.317 e. The number of benzene rings is 1. The first-order valence-corrected chi connectivity index (χ1v) is 10.2. The van der Waals surface area contributed by atoms with Crippen molar-refractivity contribution in [2.45, 2.75) is 12.0 Å². The van der Waals surface area contributed by atoms with Gasteiger partial charge < -0.3 is 25.2 Å². The van der Waals surface area contributed by atoms with Crippen molar-refractivity contribution < 1.29 is 44.3 Å². The fourth-order valence-electron chi connectivity index (χ4n) is 4.24. The summed E-state index contributed by atoms with van der Waals surface area (Å²) in [7, 11) is 1.51. The average Bonchev–Trinajstić information content (AvgIpc) is 2.86. The molecule has 4 N–H and O–H groups in total. The predicted octanol–water partition coefficient (Wildman–Crippen LogP) is -0.765. The van der Waals surface area contributed by atoms with Crippen LogP contribution in [0.2, 0.25) is 0 Å². The molecule has 1 saturated heterocycles. The molecule has 0 aliphatic carbocycles. The Bertz CT molecular complexity index is 817. The zero-order valence-electron chi connectivity index (χ0n) is 18.3. The molecule has 1 aliphatic rings. The Hall–Kier alpha value is -3.22. The van der Waals surface area contributed by atoms with E-state index in [1.165, 1.54) is 12.0 Å². The van der Waals surface area contributed by atoms with Crippen LogP contribution in [0.1, 0.15) is 5.56 Å². The minimum atomic E-state index is -1.25. The summed E-state index contributed by atoms with van der Waals surface area (Å²) in [6.45, 7) is -1.35. The van der Waals surface area contributed by atoms with Crippen molar-refractivity contribution in [1.82, 2.24) is 14.7 Å². The Balaban J connectivity index is 2.57. The molecule has 12 nitrogen and oxygen atoms in total. The lowest BCUT2D eigenvalue weighted by Crippen LogP contribution is -2.63. The number of carbonyl (C=O) groups is 4. The third kappa shape index (κ3) is 8.00. The number of nitrogens with zero attached hydrogens (tertiary/aromatic N) is 3. The van der Waals surface area contributed by atoms with Crippen molar-refractivity contribution >= 4 is 23.9 Å². The molecule has 1 heterocycles. The Morgan fingerprint density at radius 1 is 0.848 bits per heavy atom. The summed E-state index contributed by atoms with van der Waals surface area (Å²) in [6, 6.07) is 6.94.